The number of amides is 2. The van der Waals surface area contributed by atoms with Crippen LogP contribution in [0.15, 0.2) is 48.5 Å². The predicted molar refractivity (Wildman–Crippen MR) is 85.7 cm³/mol. The van der Waals surface area contributed by atoms with Crippen LogP contribution in [0.3, 0.4) is 0 Å². The lowest BCUT2D eigenvalue weighted by molar-refractivity contribution is -0.124. The van der Waals surface area contributed by atoms with Gasteiger partial charge in [0.1, 0.15) is 17.7 Å². The van der Waals surface area contributed by atoms with Crippen LogP contribution in [-0.4, -0.2) is 35.8 Å². The first kappa shape index (κ1) is 16.1. The van der Waals surface area contributed by atoms with Gasteiger partial charge in [0, 0.05) is 24.3 Å². The lowest BCUT2D eigenvalue weighted by Gasteiger charge is -2.39. The van der Waals surface area contributed by atoms with Gasteiger partial charge >= 0.3 is 0 Å². The molecule has 2 aromatic rings. The van der Waals surface area contributed by atoms with Crippen molar-refractivity contribution in [2.75, 3.05) is 18.0 Å². The maximum atomic E-state index is 13.0. The number of piperazine rings is 1. The summed E-state index contributed by atoms with van der Waals surface area (Å²) >= 11 is 0. The van der Waals surface area contributed by atoms with E-state index in [9.17, 15) is 18.4 Å². The van der Waals surface area contributed by atoms with Gasteiger partial charge in [0.05, 0.1) is 0 Å². The summed E-state index contributed by atoms with van der Waals surface area (Å²) in [5.74, 6) is -1.33. The molecule has 0 bridgehead atoms. The third kappa shape index (κ3) is 2.99. The molecule has 0 saturated carbocycles. The van der Waals surface area contributed by atoms with Gasteiger partial charge in [-0.3, -0.25) is 9.59 Å². The molecular formula is C18H16F2N2O2. The lowest BCUT2D eigenvalue weighted by atomic mass is 10.1. The molecular weight excluding hydrogens is 314 g/mol. The van der Waals surface area contributed by atoms with Crippen LogP contribution in [0.5, 0.6) is 0 Å². The van der Waals surface area contributed by atoms with E-state index in [-0.39, 0.29) is 17.6 Å². The highest BCUT2D eigenvalue weighted by atomic mass is 19.1. The molecule has 1 atom stereocenters. The van der Waals surface area contributed by atoms with Crippen molar-refractivity contribution in [2.45, 2.75) is 13.0 Å². The van der Waals surface area contributed by atoms with Crippen LogP contribution in [0.1, 0.15) is 17.3 Å². The van der Waals surface area contributed by atoms with Crippen molar-refractivity contribution in [2.24, 2.45) is 0 Å². The third-order valence-corrected chi connectivity index (χ3v) is 4.15. The average molecular weight is 330 g/mol. The molecule has 124 valence electrons. The number of halogens is 2. The minimum absolute atomic E-state index is 0.233. The van der Waals surface area contributed by atoms with Crippen molar-refractivity contribution in [3.05, 3.63) is 65.7 Å². The molecule has 1 unspecified atom stereocenters. The van der Waals surface area contributed by atoms with E-state index >= 15 is 0 Å². The van der Waals surface area contributed by atoms with Crippen molar-refractivity contribution in [1.29, 1.82) is 0 Å². The van der Waals surface area contributed by atoms with Crippen LogP contribution in [0.25, 0.3) is 0 Å². The van der Waals surface area contributed by atoms with E-state index in [1.54, 1.807) is 11.8 Å². The molecule has 2 amide bonds. The highest BCUT2D eigenvalue weighted by Gasteiger charge is 2.35. The van der Waals surface area contributed by atoms with Crippen molar-refractivity contribution < 1.29 is 18.4 Å². The van der Waals surface area contributed by atoms with Crippen LogP contribution in [0, 0.1) is 11.6 Å². The molecule has 1 heterocycles. The number of benzene rings is 2. The molecule has 3 rings (SSSR count). The summed E-state index contributed by atoms with van der Waals surface area (Å²) in [6.45, 7) is 2.32. The van der Waals surface area contributed by atoms with E-state index < -0.39 is 11.9 Å². The number of rotatable bonds is 2. The molecule has 0 aromatic heterocycles. The summed E-state index contributed by atoms with van der Waals surface area (Å²) in [6.07, 6.45) is 0. The first-order valence-electron chi connectivity index (χ1n) is 7.61. The first-order valence-corrected chi connectivity index (χ1v) is 7.61. The summed E-state index contributed by atoms with van der Waals surface area (Å²) in [5.41, 5.74) is 0.938. The predicted octanol–water partition coefficient (Wildman–Crippen LogP) is 2.84. The molecule has 0 radical (unpaired) electrons. The molecule has 1 fully saturated rings. The molecule has 24 heavy (non-hydrogen) atoms. The van der Waals surface area contributed by atoms with Gasteiger partial charge in [-0.05, 0) is 55.5 Å². The van der Waals surface area contributed by atoms with Gasteiger partial charge in [-0.2, -0.15) is 0 Å². The largest absolute Gasteiger partial charge is 0.325 e. The third-order valence-electron chi connectivity index (χ3n) is 4.15. The highest BCUT2D eigenvalue weighted by Crippen LogP contribution is 2.22. The Hall–Kier alpha value is -2.76. The summed E-state index contributed by atoms with van der Waals surface area (Å²) < 4.78 is 26.0. The zero-order chi connectivity index (χ0) is 17.3. The van der Waals surface area contributed by atoms with Gasteiger partial charge in [-0.25, -0.2) is 8.78 Å². The molecule has 2 aromatic carbocycles. The van der Waals surface area contributed by atoms with Crippen LogP contribution < -0.4 is 4.90 Å². The monoisotopic (exact) mass is 330 g/mol. The number of carbonyl (C=O) groups excluding carboxylic acids is 2. The molecule has 0 N–H and O–H groups in total. The zero-order valence-corrected chi connectivity index (χ0v) is 13.1. The van der Waals surface area contributed by atoms with Crippen molar-refractivity contribution in [3.8, 4) is 0 Å². The standard InChI is InChI=1S/C18H16F2N2O2/c1-12-17(23)22(16-8-6-15(20)7-9-16)11-10-21(12)18(24)13-2-4-14(19)5-3-13/h2-9,12H,10-11H2,1H3. The Bertz CT molecular complexity index is 760. The molecule has 1 saturated heterocycles. The Morgan fingerprint density at radius 1 is 0.958 bits per heavy atom. The molecule has 4 nitrogen and oxygen atoms in total. The Balaban J connectivity index is 1.78. The fourth-order valence-electron chi connectivity index (χ4n) is 2.78. The van der Waals surface area contributed by atoms with Gasteiger partial charge in [0.25, 0.3) is 5.91 Å². The van der Waals surface area contributed by atoms with E-state index in [1.807, 2.05) is 0 Å². The number of nitrogens with zero attached hydrogens (tertiary/aromatic N) is 2. The van der Waals surface area contributed by atoms with Crippen LogP contribution in [0.2, 0.25) is 0 Å². The van der Waals surface area contributed by atoms with E-state index in [1.165, 1.54) is 53.4 Å². The smallest absolute Gasteiger partial charge is 0.254 e. The summed E-state index contributed by atoms with van der Waals surface area (Å²) in [5, 5.41) is 0. The molecule has 6 heteroatoms. The molecule has 1 aliphatic rings. The van der Waals surface area contributed by atoms with Crippen molar-refractivity contribution >= 4 is 17.5 Å². The Morgan fingerprint density at radius 2 is 1.50 bits per heavy atom. The summed E-state index contributed by atoms with van der Waals surface area (Å²) in [7, 11) is 0. The number of anilines is 1. The van der Waals surface area contributed by atoms with Crippen LogP contribution in [-0.2, 0) is 4.79 Å². The van der Waals surface area contributed by atoms with Gasteiger partial charge in [-0.15, -0.1) is 0 Å². The molecule has 0 spiro atoms. The maximum Gasteiger partial charge on any atom is 0.254 e. The van der Waals surface area contributed by atoms with Crippen molar-refractivity contribution in [1.82, 2.24) is 4.90 Å². The summed E-state index contributed by atoms with van der Waals surface area (Å²) in [4.78, 5) is 28.1. The fourth-order valence-corrected chi connectivity index (χ4v) is 2.78. The second kappa shape index (κ2) is 6.39. The summed E-state index contributed by atoms with van der Waals surface area (Å²) in [6, 6.07) is 10.3. The molecule has 0 aliphatic carbocycles. The quantitative estimate of drug-likeness (QED) is 0.849. The first-order chi connectivity index (χ1) is 11.5. The number of hydrogen-bond donors (Lipinski definition) is 0. The average Bonchev–Trinajstić information content (AvgIpc) is 2.58. The number of hydrogen-bond acceptors (Lipinski definition) is 2. The van der Waals surface area contributed by atoms with Crippen LogP contribution >= 0.6 is 0 Å². The second-order valence-corrected chi connectivity index (χ2v) is 5.65. The Labute approximate surface area is 138 Å². The van der Waals surface area contributed by atoms with E-state index in [2.05, 4.69) is 0 Å². The lowest BCUT2D eigenvalue weighted by Crippen LogP contribution is -2.57. The second-order valence-electron chi connectivity index (χ2n) is 5.65. The van der Waals surface area contributed by atoms with Gasteiger partial charge < -0.3 is 9.80 Å². The van der Waals surface area contributed by atoms with Gasteiger partial charge in [0.15, 0.2) is 0 Å². The van der Waals surface area contributed by atoms with Crippen molar-refractivity contribution in [3.63, 3.8) is 0 Å². The topological polar surface area (TPSA) is 40.6 Å². The highest BCUT2D eigenvalue weighted by molar-refractivity contribution is 6.03. The maximum absolute atomic E-state index is 13.0. The number of carbonyl (C=O) groups is 2. The van der Waals surface area contributed by atoms with Gasteiger partial charge in [0.2, 0.25) is 5.91 Å². The SMILES string of the molecule is CC1C(=O)N(c2ccc(F)cc2)CCN1C(=O)c1ccc(F)cc1. The zero-order valence-electron chi connectivity index (χ0n) is 13.1. The van der Waals surface area contributed by atoms with E-state index in [0.29, 0.717) is 24.3 Å². The van der Waals surface area contributed by atoms with E-state index in [4.69, 9.17) is 0 Å². The minimum Gasteiger partial charge on any atom is -0.325 e. The van der Waals surface area contributed by atoms with Crippen LogP contribution in [0.4, 0.5) is 14.5 Å². The minimum atomic E-state index is -0.652. The Kier molecular flexibility index (Phi) is 4.29. The normalized spacial score (nSPS) is 18.0. The van der Waals surface area contributed by atoms with Gasteiger partial charge in [-0.1, -0.05) is 0 Å². The fraction of sp³-hybridized carbons (Fsp3) is 0.222. The molecule has 1 aliphatic heterocycles. The van der Waals surface area contributed by atoms with E-state index in [0.717, 1.165) is 0 Å². The Morgan fingerprint density at radius 3 is 2.08 bits per heavy atom.